The normalized spacial score (nSPS) is 18.8. The van der Waals surface area contributed by atoms with Crippen molar-refractivity contribution >= 4 is 29.2 Å². The number of para-hydroxylation sites is 1. The Labute approximate surface area is 179 Å². The number of nitrogens with zero attached hydrogens (tertiary/aromatic N) is 2. The number of amides is 1. The van der Waals surface area contributed by atoms with Gasteiger partial charge >= 0.3 is 5.97 Å². The highest BCUT2D eigenvalue weighted by molar-refractivity contribution is 6.30. The Kier molecular flexibility index (Phi) is 6.41. The number of rotatable bonds is 7. The van der Waals surface area contributed by atoms with Gasteiger partial charge in [-0.1, -0.05) is 55.8 Å². The Bertz CT molecular complexity index is 930. The summed E-state index contributed by atoms with van der Waals surface area (Å²) in [7, 11) is 0. The molecule has 0 N–H and O–H groups in total. The number of hydrogen-bond donors (Lipinski definition) is 0. The van der Waals surface area contributed by atoms with E-state index >= 15 is 0 Å². The van der Waals surface area contributed by atoms with E-state index < -0.39 is 34.9 Å². The van der Waals surface area contributed by atoms with E-state index in [1.165, 1.54) is 0 Å². The van der Waals surface area contributed by atoms with Crippen molar-refractivity contribution in [2.45, 2.75) is 32.3 Å². The summed E-state index contributed by atoms with van der Waals surface area (Å²) in [6, 6.07) is 15.7. The molecule has 2 aromatic carbocycles. The average Bonchev–Trinajstić information content (AvgIpc) is 2.92. The maximum Gasteiger partial charge on any atom is 0.307 e. The number of esters is 1. The quantitative estimate of drug-likeness (QED) is 0.375. The third-order valence-electron chi connectivity index (χ3n) is 5.21. The van der Waals surface area contributed by atoms with E-state index in [4.69, 9.17) is 16.3 Å². The van der Waals surface area contributed by atoms with Gasteiger partial charge in [-0.05, 0) is 29.8 Å². The largest absolute Gasteiger partial charge is 0.452 e. The fourth-order valence-corrected chi connectivity index (χ4v) is 3.79. The molecule has 2 atom stereocenters. The minimum atomic E-state index is -0.952. The zero-order valence-electron chi connectivity index (χ0n) is 16.8. The minimum absolute atomic E-state index is 0.201. The van der Waals surface area contributed by atoms with Crippen LogP contribution in [0.15, 0.2) is 54.6 Å². The van der Waals surface area contributed by atoms with E-state index in [1.54, 1.807) is 29.2 Å². The zero-order chi connectivity index (χ0) is 21.9. The van der Waals surface area contributed by atoms with Gasteiger partial charge in [-0.2, -0.15) is 0 Å². The number of carbonyl (C=O) groups is 2. The fourth-order valence-electron chi connectivity index (χ4n) is 3.66. The SMILES string of the molecule is CC1(C)CN(c2ccccc2)C(=O)[C@H]1OC(=O)C[C@H](C[N+](=O)[O-])c1ccc(Cl)cc1. The summed E-state index contributed by atoms with van der Waals surface area (Å²) in [4.78, 5) is 37.9. The Hall–Kier alpha value is -2.93. The van der Waals surface area contributed by atoms with E-state index in [-0.39, 0.29) is 12.3 Å². The van der Waals surface area contributed by atoms with Crippen LogP contribution in [0.2, 0.25) is 5.02 Å². The van der Waals surface area contributed by atoms with E-state index in [2.05, 4.69) is 0 Å². The molecule has 0 radical (unpaired) electrons. The summed E-state index contributed by atoms with van der Waals surface area (Å²) in [5.41, 5.74) is 0.763. The van der Waals surface area contributed by atoms with Crippen molar-refractivity contribution in [1.82, 2.24) is 0 Å². The predicted octanol–water partition coefficient (Wildman–Crippen LogP) is 4.08. The molecule has 0 aromatic heterocycles. The van der Waals surface area contributed by atoms with Crippen molar-refractivity contribution in [2.75, 3.05) is 18.0 Å². The standard InChI is InChI=1S/C22H23ClN2O5/c1-22(2)14-24(18-6-4-3-5-7-18)21(27)20(22)30-19(26)12-16(13-25(28)29)15-8-10-17(23)11-9-15/h3-11,16,20H,12-14H2,1-2H3/t16-,20-/m1/s1. The lowest BCUT2D eigenvalue weighted by Crippen LogP contribution is -2.36. The monoisotopic (exact) mass is 430 g/mol. The van der Waals surface area contributed by atoms with Crippen LogP contribution in [-0.2, 0) is 14.3 Å². The lowest BCUT2D eigenvalue weighted by atomic mass is 9.89. The van der Waals surface area contributed by atoms with Crippen molar-refractivity contribution in [2.24, 2.45) is 5.41 Å². The van der Waals surface area contributed by atoms with Gasteiger partial charge in [0.15, 0.2) is 6.10 Å². The van der Waals surface area contributed by atoms with Gasteiger partial charge in [0.1, 0.15) is 0 Å². The molecule has 1 amide bonds. The summed E-state index contributed by atoms with van der Waals surface area (Å²) in [6.45, 7) is 3.71. The third-order valence-corrected chi connectivity index (χ3v) is 5.46. The summed E-state index contributed by atoms with van der Waals surface area (Å²) in [6.07, 6.45) is -1.15. The van der Waals surface area contributed by atoms with Gasteiger partial charge < -0.3 is 9.64 Å². The molecule has 1 heterocycles. The van der Waals surface area contributed by atoms with Crippen LogP contribution in [0.25, 0.3) is 0 Å². The average molecular weight is 431 g/mol. The van der Waals surface area contributed by atoms with Crippen LogP contribution in [0.3, 0.4) is 0 Å². The maximum absolute atomic E-state index is 13.0. The lowest BCUT2D eigenvalue weighted by Gasteiger charge is -2.24. The molecule has 8 heteroatoms. The minimum Gasteiger partial charge on any atom is -0.452 e. The van der Waals surface area contributed by atoms with E-state index in [0.717, 1.165) is 5.69 Å². The smallest absolute Gasteiger partial charge is 0.307 e. The first-order valence-electron chi connectivity index (χ1n) is 9.60. The molecule has 1 fully saturated rings. The summed E-state index contributed by atoms with van der Waals surface area (Å²) < 4.78 is 5.57. The van der Waals surface area contributed by atoms with Crippen LogP contribution in [0.5, 0.6) is 0 Å². The van der Waals surface area contributed by atoms with Crippen LogP contribution in [-0.4, -0.2) is 36.0 Å². The molecule has 1 aliphatic heterocycles. The Morgan fingerprint density at radius 1 is 1.23 bits per heavy atom. The number of ether oxygens (including phenoxy) is 1. The van der Waals surface area contributed by atoms with Gasteiger partial charge in [-0.25, -0.2) is 0 Å². The molecule has 1 aliphatic rings. The Morgan fingerprint density at radius 3 is 2.47 bits per heavy atom. The number of nitro groups is 1. The number of halogens is 1. The molecule has 30 heavy (non-hydrogen) atoms. The summed E-state index contributed by atoms with van der Waals surface area (Å²) in [5.74, 6) is -1.61. The van der Waals surface area contributed by atoms with Gasteiger partial charge in [0.25, 0.3) is 5.91 Å². The first-order chi connectivity index (χ1) is 14.2. The number of carbonyl (C=O) groups excluding carboxylic acids is 2. The second-order valence-corrected chi connectivity index (χ2v) is 8.52. The molecule has 0 bridgehead atoms. The molecule has 0 aliphatic carbocycles. The van der Waals surface area contributed by atoms with Gasteiger partial charge in [0.2, 0.25) is 6.54 Å². The van der Waals surface area contributed by atoms with Gasteiger partial charge in [0, 0.05) is 27.6 Å². The molecular formula is C22H23ClN2O5. The summed E-state index contributed by atoms with van der Waals surface area (Å²) >= 11 is 5.89. The van der Waals surface area contributed by atoms with Gasteiger partial charge in [-0.15, -0.1) is 0 Å². The topological polar surface area (TPSA) is 89.8 Å². The molecule has 0 spiro atoms. The first kappa shape index (κ1) is 21.8. The van der Waals surface area contributed by atoms with Crippen molar-refractivity contribution < 1.29 is 19.2 Å². The lowest BCUT2D eigenvalue weighted by molar-refractivity contribution is -0.483. The number of anilines is 1. The number of benzene rings is 2. The van der Waals surface area contributed by atoms with Crippen molar-refractivity contribution in [3.05, 3.63) is 75.3 Å². The van der Waals surface area contributed by atoms with Gasteiger partial charge in [0.05, 0.1) is 12.3 Å². The molecule has 0 unspecified atom stereocenters. The fraction of sp³-hybridized carbons (Fsp3) is 0.364. The van der Waals surface area contributed by atoms with Crippen LogP contribution < -0.4 is 4.90 Å². The molecule has 2 aromatic rings. The van der Waals surface area contributed by atoms with E-state index in [1.807, 2.05) is 44.2 Å². The van der Waals surface area contributed by atoms with Crippen LogP contribution >= 0.6 is 11.6 Å². The van der Waals surface area contributed by atoms with Crippen LogP contribution in [0.4, 0.5) is 5.69 Å². The van der Waals surface area contributed by atoms with E-state index in [0.29, 0.717) is 17.1 Å². The molecule has 158 valence electrons. The van der Waals surface area contributed by atoms with Crippen LogP contribution in [0.1, 0.15) is 31.7 Å². The molecule has 3 rings (SSSR count). The highest BCUT2D eigenvalue weighted by Crippen LogP contribution is 2.36. The highest BCUT2D eigenvalue weighted by atomic mass is 35.5. The molecule has 0 saturated carbocycles. The Morgan fingerprint density at radius 2 is 1.87 bits per heavy atom. The summed E-state index contributed by atoms with van der Waals surface area (Å²) in [5, 5.41) is 11.6. The van der Waals surface area contributed by atoms with Gasteiger partial charge in [-0.3, -0.25) is 19.7 Å². The molecule has 1 saturated heterocycles. The maximum atomic E-state index is 13.0. The highest BCUT2D eigenvalue weighted by Gasteiger charge is 2.49. The zero-order valence-corrected chi connectivity index (χ0v) is 17.5. The number of hydrogen-bond acceptors (Lipinski definition) is 5. The van der Waals surface area contributed by atoms with E-state index in [9.17, 15) is 19.7 Å². The van der Waals surface area contributed by atoms with Crippen LogP contribution in [0, 0.1) is 15.5 Å². The van der Waals surface area contributed by atoms with Crippen molar-refractivity contribution in [3.63, 3.8) is 0 Å². The van der Waals surface area contributed by atoms with Crippen molar-refractivity contribution in [3.8, 4) is 0 Å². The first-order valence-corrected chi connectivity index (χ1v) is 9.98. The van der Waals surface area contributed by atoms with Crippen molar-refractivity contribution in [1.29, 1.82) is 0 Å². The molecular weight excluding hydrogens is 408 g/mol. The molecule has 7 nitrogen and oxygen atoms in total. The Balaban J connectivity index is 1.73. The second kappa shape index (κ2) is 8.83. The third kappa shape index (κ3) is 4.97. The second-order valence-electron chi connectivity index (χ2n) is 8.09. The predicted molar refractivity (Wildman–Crippen MR) is 113 cm³/mol.